The van der Waals surface area contributed by atoms with E-state index in [-0.39, 0.29) is 0 Å². The first-order valence-corrected chi connectivity index (χ1v) is 5.70. The minimum Gasteiger partial charge on any atom is -0.303 e. The highest BCUT2D eigenvalue weighted by Gasteiger charge is 2.33. The maximum absolute atomic E-state index is 10.7. The first-order chi connectivity index (χ1) is 6.83. The molecule has 2 saturated heterocycles. The Balaban J connectivity index is 1.98. The summed E-state index contributed by atoms with van der Waals surface area (Å²) in [5, 5.41) is 0. The summed E-state index contributed by atoms with van der Waals surface area (Å²) in [5.74, 6) is 0.331. The molecule has 0 N–H and O–H groups in total. The van der Waals surface area contributed by atoms with Gasteiger partial charge in [0.25, 0.3) is 0 Å². The predicted octanol–water partition coefficient (Wildman–Crippen LogP) is 2.01. The van der Waals surface area contributed by atoms with E-state index >= 15 is 0 Å². The van der Waals surface area contributed by atoms with Crippen LogP contribution in [0.2, 0.25) is 0 Å². The Morgan fingerprint density at radius 1 is 1.57 bits per heavy atom. The molecule has 2 rings (SSSR count). The van der Waals surface area contributed by atoms with Crippen LogP contribution in [-0.2, 0) is 4.79 Å². The molecule has 2 nitrogen and oxygen atoms in total. The number of nitrogens with zero attached hydrogens (tertiary/aromatic N) is 1. The number of rotatable bonds is 2. The zero-order chi connectivity index (χ0) is 9.97. The third-order valence-corrected chi connectivity index (χ3v) is 3.47. The number of fused-ring (bicyclic) bond motifs is 1. The van der Waals surface area contributed by atoms with Gasteiger partial charge in [-0.2, -0.15) is 0 Å². The van der Waals surface area contributed by atoms with E-state index in [9.17, 15) is 4.79 Å². The lowest BCUT2D eigenvalue weighted by atomic mass is 9.92. The van der Waals surface area contributed by atoms with Crippen molar-refractivity contribution in [2.24, 2.45) is 5.92 Å². The van der Waals surface area contributed by atoms with Gasteiger partial charge in [0, 0.05) is 18.5 Å². The molecule has 2 heteroatoms. The van der Waals surface area contributed by atoms with Gasteiger partial charge in [-0.1, -0.05) is 18.6 Å². The number of carbonyl (C=O) groups excluding carboxylic acids is 1. The van der Waals surface area contributed by atoms with E-state index in [0.29, 0.717) is 12.0 Å². The molecule has 2 atom stereocenters. The van der Waals surface area contributed by atoms with Crippen molar-refractivity contribution in [3.63, 3.8) is 0 Å². The van der Waals surface area contributed by atoms with Gasteiger partial charge >= 0.3 is 0 Å². The van der Waals surface area contributed by atoms with Gasteiger partial charge in [-0.05, 0) is 32.2 Å². The molecule has 78 valence electrons. The minimum atomic E-state index is 0.331. The van der Waals surface area contributed by atoms with Crippen molar-refractivity contribution in [2.45, 2.75) is 38.6 Å². The van der Waals surface area contributed by atoms with E-state index in [4.69, 9.17) is 0 Å². The van der Waals surface area contributed by atoms with Gasteiger partial charge in [0.15, 0.2) is 0 Å². The first kappa shape index (κ1) is 9.91. The maximum atomic E-state index is 10.7. The largest absolute Gasteiger partial charge is 0.303 e. The Hall–Kier alpha value is -0.630. The first-order valence-electron chi connectivity index (χ1n) is 5.70. The van der Waals surface area contributed by atoms with Gasteiger partial charge in [-0.25, -0.2) is 0 Å². The summed E-state index contributed by atoms with van der Waals surface area (Å²) in [6.45, 7) is 4.47. The molecule has 0 bridgehead atoms. The second kappa shape index (κ2) is 4.26. The average molecular weight is 193 g/mol. The molecule has 2 heterocycles. The highest BCUT2D eigenvalue weighted by Crippen LogP contribution is 2.32. The third kappa shape index (κ3) is 1.90. The molecule has 0 aromatic heterocycles. The zero-order valence-corrected chi connectivity index (χ0v) is 8.91. The van der Waals surface area contributed by atoms with Crippen molar-refractivity contribution >= 4 is 6.29 Å². The van der Waals surface area contributed by atoms with Gasteiger partial charge < -0.3 is 4.79 Å². The summed E-state index contributed by atoms with van der Waals surface area (Å²) < 4.78 is 0. The summed E-state index contributed by atoms with van der Waals surface area (Å²) in [6.07, 6.45) is 8.02. The van der Waals surface area contributed by atoms with E-state index in [2.05, 4.69) is 17.9 Å². The molecule has 0 saturated carbocycles. The lowest BCUT2D eigenvalue weighted by Crippen LogP contribution is -2.38. The van der Waals surface area contributed by atoms with Gasteiger partial charge in [0.05, 0.1) is 0 Å². The van der Waals surface area contributed by atoms with Gasteiger partial charge in [-0.15, -0.1) is 0 Å². The molecular formula is C12H19NO. The van der Waals surface area contributed by atoms with Crippen molar-refractivity contribution in [3.05, 3.63) is 11.6 Å². The molecule has 0 aromatic carbocycles. The van der Waals surface area contributed by atoms with Crippen LogP contribution in [0.3, 0.4) is 0 Å². The van der Waals surface area contributed by atoms with Gasteiger partial charge in [-0.3, -0.25) is 4.90 Å². The average Bonchev–Trinajstić information content (AvgIpc) is 2.59. The molecule has 14 heavy (non-hydrogen) atoms. The highest BCUT2D eigenvalue weighted by molar-refractivity contribution is 5.53. The van der Waals surface area contributed by atoms with Crippen molar-refractivity contribution in [2.75, 3.05) is 13.1 Å². The standard InChI is InChI=1S/C12H19NO/c1-2-3-10-6-12-7-11(9-14)4-5-13(12)8-10/h3,9,11-12H,2,4-8H2,1H3. The fourth-order valence-corrected chi connectivity index (χ4v) is 2.74. The van der Waals surface area contributed by atoms with Crippen molar-refractivity contribution in [1.29, 1.82) is 0 Å². The summed E-state index contributed by atoms with van der Waals surface area (Å²) >= 11 is 0. The van der Waals surface area contributed by atoms with E-state index in [0.717, 1.165) is 38.6 Å². The maximum Gasteiger partial charge on any atom is 0.123 e. The number of carbonyl (C=O) groups is 1. The summed E-state index contributed by atoms with van der Waals surface area (Å²) in [6, 6.07) is 0.664. The smallest absolute Gasteiger partial charge is 0.123 e. The predicted molar refractivity (Wildman–Crippen MR) is 57.1 cm³/mol. The van der Waals surface area contributed by atoms with Crippen LogP contribution in [0.15, 0.2) is 11.6 Å². The third-order valence-electron chi connectivity index (χ3n) is 3.47. The van der Waals surface area contributed by atoms with E-state index in [1.807, 2.05) is 0 Å². The van der Waals surface area contributed by atoms with Gasteiger partial charge in [0.1, 0.15) is 6.29 Å². The van der Waals surface area contributed by atoms with Crippen molar-refractivity contribution in [1.82, 2.24) is 4.90 Å². The van der Waals surface area contributed by atoms with Crippen LogP contribution in [0.25, 0.3) is 0 Å². The highest BCUT2D eigenvalue weighted by atomic mass is 16.1. The molecule has 0 radical (unpaired) electrons. The number of hydrogen-bond donors (Lipinski definition) is 0. The number of allylic oxidation sites excluding steroid dienone is 1. The van der Waals surface area contributed by atoms with Crippen LogP contribution in [0, 0.1) is 5.92 Å². The summed E-state index contributed by atoms with van der Waals surface area (Å²) in [5.41, 5.74) is 1.59. The Bertz CT molecular complexity index is 247. The minimum absolute atomic E-state index is 0.331. The van der Waals surface area contributed by atoms with Crippen LogP contribution >= 0.6 is 0 Å². The van der Waals surface area contributed by atoms with Crippen LogP contribution < -0.4 is 0 Å². The SMILES string of the molecule is CCC=C1CC2CC(C=O)CCN2C1. The number of piperidine rings is 1. The van der Waals surface area contributed by atoms with Crippen LogP contribution in [-0.4, -0.2) is 30.3 Å². The molecule has 2 aliphatic heterocycles. The topological polar surface area (TPSA) is 20.3 Å². The molecule has 2 unspecified atom stereocenters. The summed E-state index contributed by atoms with van der Waals surface area (Å²) in [4.78, 5) is 13.3. The molecule has 2 aliphatic rings. The lowest BCUT2D eigenvalue weighted by molar-refractivity contribution is -0.112. The quantitative estimate of drug-likeness (QED) is 0.494. The lowest BCUT2D eigenvalue weighted by Gasteiger charge is -2.31. The molecular weight excluding hydrogens is 174 g/mol. The van der Waals surface area contributed by atoms with Gasteiger partial charge in [0.2, 0.25) is 0 Å². The second-order valence-electron chi connectivity index (χ2n) is 4.52. The summed E-state index contributed by atoms with van der Waals surface area (Å²) in [7, 11) is 0. The van der Waals surface area contributed by atoms with E-state index < -0.39 is 0 Å². The Kier molecular flexibility index (Phi) is 3.02. The zero-order valence-electron chi connectivity index (χ0n) is 8.91. The van der Waals surface area contributed by atoms with Crippen LogP contribution in [0.5, 0.6) is 0 Å². The molecule has 0 amide bonds. The van der Waals surface area contributed by atoms with Crippen molar-refractivity contribution in [3.8, 4) is 0 Å². The fourth-order valence-electron chi connectivity index (χ4n) is 2.74. The second-order valence-corrected chi connectivity index (χ2v) is 4.52. The van der Waals surface area contributed by atoms with Crippen LogP contribution in [0.4, 0.5) is 0 Å². The number of aldehydes is 1. The van der Waals surface area contributed by atoms with Crippen molar-refractivity contribution < 1.29 is 4.79 Å². The van der Waals surface area contributed by atoms with Crippen LogP contribution in [0.1, 0.15) is 32.6 Å². The molecule has 0 aliphatic carbocycles. The normalized spacial score (nSPS) is 35.9. The monoisotopic (exact) mass is 193 g/mol. The molecule has 0 spiro atoms. The Labute approximate surface area is 86.0 Å². The molecule has 2 fully saturated rings. The van der Waals surface area contributed by atoms with E-state index in [1.165, 1.54) is 6.42 Å². The number of hydrogen-bond acceptors (Lipinski definition) is 2. The van der Waals surface area contributed by atoms with E-state index in [1.54, 1.807) is 5.57 Å². The molecule has 0 aromatic rings. The Morgan fingerprint density at radius 2 is 2.43 bits per heavy atom. The fraction of sp³-hybridized carbons (Fsp3) is 0.750. The Morgan fingerprint density at radius 3 is 3.14 bits per heavy atom.